The smallest absolute Gasteiger partial charge is 0.320 e. The molecular formula is C10H8Cl2F3N. The van der Waals surface area contributed by atoms with Crippen molar-refractivity contribution in [2.75, 3.05) is 6.54 Å². The minimum atomic E-state index is -4.39. The first kappa shape index (κ1) is 15.1. The summed E-state index contributed by atoms with van der Waals surface area (Å²) in [5.41, 5.74) is 4.48. The van der Waals surface area contributed by atoms with Crippen LogP contribution in [0, 0.1) is 11.8 Å². The molecule has 0 aliphatic heterocycles. The van der Waals surface area contributed by atoms with Gasteiger partial charge in [0.1, 0.15) is 0 Å². The van der Waals surface area contributed by atoms with Gasteiger partial charge in [0, 0.05) is 5.56 Å². The van der Waals surface area contributed by atoms with E-state index in [4.69, 9.17) is 17.3 Å². The predicted molar refractivity (Wildman–Crippen MR) is 59.6 cm³/mol. The Morgan fingerprint density at radius 3 is 2.44 bits per heavy atom. The molecule has 0 spiro atoms. The molecule has 0 heterocycles. The SMILES string of the molecule is Cl.NCC#Cc1cc(C(F)(F)F)ccc1Cl. The van der Waals surface area contributed by atoms with E-state index in [0.717, 1.165) is 12.1 Å². The molecule has 0 aliphatic carbocycles. The quantitative estimate of drug-likeness (QED) is 0.720. The molecule has 0 radical (unpaired) electrons. The first-order valence-electron chi connectivity index (χ1n) is 4.01. The molecule has 0 fully saturated rings. The molecule has 16 heavy (non-hydrogen) atoms. The van der Waals surface area contributed by atoms with Gasteiger partial charge < -0.3 is 5.73 Å². The van der Waals surface area contributed by atoms with Gasteiger partial charge in [-0.3, -0.25) is 0 Å². The van der Waals surface area contributed by atoms with Gasteiger partial charge in [-0.15, -0.1) is 12.4 Å². The minimum Gasteiger partial charge on any atom is -0.320 e. The maximum Gasteiger partial charge on any atom is 0.416 e. The van der Waals surface area contributed by atoms with Gasteiger partial charge in [-0.25, -0.2) is 0 Å². The number of benzene rings is 1. The average Bonchev–Trinajstić information content (AvgIpc) is 2.15. The van der Waals surface area contributed by atoms with Crippen molar-refractivity contribution in [3.63, 3.8) is 0 Å². The van der Waals surface area contributed by atoms with Crippen LogP contribution in [-0.2, 0) is 6.18 Å². The standard InChI is InChI=1S/C10H7ClF3N.ClH/c11-9-4-3-8(10(12,13)14)6-7(9)2-1-5-15;/h3-4,6H,5,15H2;1H. The molecule has 2 N–H and O–H groups in total. The van der Waals surface area contributed by atoms with Gasteiger partial charge in [0.25, 0.3) is 0 Å². The van der Waals surface area contributed by atoms with Gasteiger partial charge >= 0.3 is 6.18 Å². The van der Waals surface area contributed by atoms with Crippen molar-refractivity contribution < 1.29 is 13.2 Å². The maximum absolute atomic E-state index is 12.3. The van der Waals surface area contributed by atoms with Crippen LogP contribution in [0.4, 0.5) is 13.2 Å². The Labute approximate surface area is 102 Å². The van der Waals surface area contributed by atoms with E-state index in [-0.39, 0.29) is 29.5 Å². The molecule has 1 aromatic rings. The molecule has 0 saturated carbocycles. The molecule has 0 aromatic heterocycles. The molecule has 0 unspecified atom stereocenters. The normalized spacial score (nSPS) is 10.1. The second-order valence-corrected chi connectivity index (χ2v) is 3.11. The van der Waals surface area contributed by atoms with E-state index >= 15 is 0 Å². The summed E-state index contributed by atoms with van der Waals surface area (Å²) in [5.74, 6) is 4.93. The van der Waals surface area contributed by atoms with Crippen molar-refractivity contribution >= 4 is 24.0 Å². The number of nitrogens with two attached hydrogens (primary N) is 1. The Morgan fingerprint density at radius 1 is 1.31 bits per heavy atom. The highest BCUT2D eigenvalue weighted by molar-refractivity contribution is 6.31. The van der Waals surface area contributed by atoms with E-state index in [0.29, 0.717) is 0 Å². The molecule has 88 valence electrons. The van der Waals surface area contributed by atoms with Crippen LogP contribution in [0.2, 0.25) is 5.02 Å². The Hall–Kier alpha value is -0.890. The van der Waals surface area contributed by atoms with E-state index in [9.17, 15) is 13.2 Å². The zero-order chi connectivity index (χ0) is 11.5. The topological polar surface area (TPSA) is 26.0 Å². The van der Waals surface area contributed by atoms with Crippen LogP contribution in [0.15, 0.2) is 18.2 Å². The van der Waals surface area contributed by atoms with Crippen LogP contribution in [0.5, 0.6) is 0 Å². The Kier molecular flexibility index (Phi) is 5.66. The summed E-state index contributed by atoms with van der Waals surface area (Å²) in [7, 11) is 0. The fraction of sp³-hybridized carbons (Fsp3) is 0.200. The molecule has 0 bridgehead atoms. The number of hydrogen-bond acceptors (Lipinski definition) is 1. The fourth-order valence-electron chi connectivity index (χ4n) is 0.944. The van der Waals surface area contributed by atoms with E-state index < -0.39 is 11.7 Å². The van der Waals surface area contributed by atoms with Gasteiger partial charge in [-0.2, -0.15) is 13.2 Å². The molecule has 1 aromatic carbocycles. The Balaban J connectivity index is 0.00000225. The molecule has 1 rings (SSSR count). The zero-order valence-corrected chi connectivity index (χ0v) is 9.51. The van der Waals surface area contributed by atoms with Crippen molar-refractivity contribution in [1.82, 2.24) is 0 Å². The summed E-state index contributed by atoms with van der Waals surface area (Å²) < 4.78 is 36.9. The Morgan fingerprint density at radius 2 is 1.94 bits per heavy atom. The second-order valence-electron chi connectivity index (χ2n) is 2.70. The fourth-order valence-corrected chi connectivity index (χ4v) is 1.11. The number of hydrogen-bond donors (Lipinski definition) is 1. The first-order chi connectivity index (χ1) is 6.95. The average molecular weight is 270 g/mol. The van der Waals surface area contributed by atoms with Crippen molar-refractivity contribution in [1.29, 1.82) is 0 Å². The van der Waals surface area contributed by atoms with E-state index in [1.54, 1.807) is 0 Å². The highest BCUT2D eigenvalue weighted by Crippen LogP contribution is 2.31. The summed E-state index contributed by atoms with van der Waals surface area (Å²) in [4.78, 5) is 0. The second kappa shape index (κ2) is 6.00. The minimum absolute atomic E-state index is 0. The molecule has 1 nitrogen and oxygen atoms in total. The number of alkyl halides is 3. The lowest BCUT2D eigenvalue weighted by atomic mass is 10.1. The molecule has 0 saturated heterocycles. The number of halogens is 5. The van der Waals surface area contributed by atoms with Gasteiger partial charge in [0.15, 0.2) is 0 Å². The summed E-state index contributed by atoms with van der Waals surface area (Å²) >= 11 is 5.67. The third kappa shape index (κ3) is 3.93. The third-order valence-electron chi connectivity index (χ3n) is 1.62. The summed E-state index contributed by atoms with van der Waals surface area (Å²) in [6.07, 6.45) is -4.39. The van der Waals surface area contributed by atoms with Crippen molar-refractivity contribution in [3.05, 3.63) is 34.3 Å². The van der Waals surface area contributed by atoms with E-state index in [2.05, 4.69) is 11.8 Å². The lowest BCUT2D eigenvalue weighted by molar-refractivity contribution is -0.137. The van der Waals surface area contributed by atoms with Gasteiger partial charge in [0.2, 0.25) is 0 Å². The molecule has 0 amide bonds. The highest BCUT2D eigenvalue weighted by Gasteiger charge is 2.30. The van der Waals surface area contributed by atoms with Crippen molar-refractivity contribution in [3.8, 4) is 11.8 Å². The van der Waals surface area contributed by atoms with Crippen LogP contribution in [0.3, 0.4) is 0 Å². The zero-order valence-electron chi connectivity index (χ0n) is 7.94. The monoisotopic (exact) mass is 269 g/mol. The highest BCUT2D eigenvalue weighted by atomic mass is 35.5. The van der Waals surface area contributed by atoms with E-state index in [1.807, 2.05) is 0 Å². The van der Waals surface area contributed by atoms with E-state index in [1.165, 1.54) is 6.07 Å². The largest absolute Gasteiger partial charge is 0.416 e. The summed E-state index contributed by atoms with van der Waals surface area (Å²) in [6, 6.07) is 2.99. The maximum atomic E-state index is 12.3. The summed E-state index contributed by atoms with van der Waals surface area (Å²) in [5, 5.41) is 0.184. The predicted octanol–water partition coefficient (Wildman–Crippen LogP) is 3.09. The molecule has 0 atom stereocenters. The molecular weight excluding hydrogens is 262 g/mol. The van der Waals surface area contributed by atoms with Crippen LogP contribution in [-0.4, -0.2) is 6.54 Å². The Bertz CT molecular complexity index is 418. The van der Waals surface area contributed by atoms with Gasteiger partial charge in [-0.05, 0) is 18.2 Å². The summed E-state index contributed by atoms with van der Waals surface area (Å²) in [6.45, 7) is 0.0760. The van der Waals surface area contributed by atoms with Crippen LogP contribution in [0.25, 0.3) is 0 Å². The van der Waals surface area contributed by atoms with Crippen LogP contribution < -0.4 is 5.73 Å². The van der Waals surface area contributed by atoms with Crippen LogP contribution >= 0.6 is 24.0 Å². The van der Waals surface area contributed by atoms with Crippen molar-refractivity contribution in [2.24, 2.45) is 5.73 Å². The lowest BCUT2D eigenvalue weighted by Crippen LogP contribution is -2.05. The number of rotatable bonds is 0. The first-order valence-corrected chi connectivity index (χ1v) is 4.38. The van der Waals surface area contributed by atoms with Crippen LogP contribution in [0.1, 0.15) is 11.1 Å². The van der Waals surface area contributed by atoms with Crippen molar-refractivity contribution in [2.45, 2.75) is 6.18 Å². The third-order valence-corrected chi connectivity index (χ3v) is 1.95. The molecule has 0 aliphatic rings. The molecule has 6 heteroatoms. The lowest BCUT2D eigenvalue weighted by Gasteiger charge is -2.07. The van der Waals surface area contributed by atoms with Gasteiger partial charge in [-0.1, -0.05) is 23.4 Å². The van der Waals surface area contributed by atoms with Gasteiger partial charge in [0.05, 0.1) is 17.1 Å².